The summed E-state index contributed by atoms with van der Waals surface area (Å²) in [6, 6.07) is 4.58. The van der Waals surface area contributed by atoms with Gasteiger partial charge in [0.25, 0.3) is 0 Å². The van der Waals surface area contributed by atoms with E-state index < -0.39 is 0 Å². The van der Waals surface area contributed by atoms with E-state index in [1.54, 1.807) is 17.1 Å². The Morgan fingerprint density at radius 2 is 1.96 bits per heavy atom. The van der Waals surface area contributed by atoms with Gasteiger partial charge in [0, 0.05) is 17.9 Å². The van der Waals surface area contributed by atoms with E-state index >= 15 is 0 Å². The highest BCUT2D eigenvalue weighted by atomic mass is 19.1. The Bertz CT molecular complexity index is 1210. The summed E-state index contributed by atoms with van der Waals surface area (Å²) in [6.45, 7) is 7.92. The van der Waals surface area contributed by atoms with E-state index in [9.17, 15) is 4.39 Å². The Morgan fingerprint density at radius 3 is 2.71 bits per heavy atom. The average molecular weight is 379 g/mol. The Labute approximate surface area is 160 Å². The molecule has 1 aromatic carbocycles. The average Bonchev–Trinajstić information content (AvgIpc) is 3.33. The predicted molar refractivity (Wildman–Crippen MR) is 98.0 cm³/mol. The molecular weight excluding hydrogens is 361 g/mol. The molecule has 0 bridgehead atoms. The molecule has 0 spiro atoms. The van der Waals surface area contributed by atoms with E-state index in [4.69, 9.17) is 4.52 Å². The molecule has 0 saturated heterocycles. The molecule has 0 saturated carbocycles. The molecule has 0 fully saturated rings. The third kappa shape index (κ3) is 2.39. The molecule has 9 heteroatoms. The summed E-state index contributed by atoms with van der Waals surface area (Å²) in [7, 11) is 0. The molecule has 28 heavy (non-hydrogen) atoms. The number of fused-ring (bicyclic) bond motifs is 5. The quantitative estimate of drug-likeness (QED) is 0.445. The van der Waals surface area contributed by atoms with Gasteiger partial charge < -0.3 is 4.52 Å². The van der Waals surface area contributed by atoms with E-state index in [0.29, 0.717) is 29.5 Å². The number of aryl methyl sites for hydroxylation is 1. The van der Waals surface area contributed by atoms with Crippen molar-refractivity contribution < 1.29 is 8.91 Å². The van der Waals surface area contributed by atoms with Crippen molar-refractivity contribution in [3.63, 3.8) is 0 Å². The van der Waals surface area contributed by atoms with Crippen molar-refractivity contribution in [1.29, 1.82) is 0 Å². The number of benzene rings is 1. The van der Waals surface area contributed by atoms with Crippen molar-refractivity contribution in [1.82, 2.24) is 34.7 Å². The smallest absolute Gasteiger partial charge is 0.232 e. The SMILES string of the molecule is Cc1nnn2c1Cc1c(-c3noc(C(C)(C)C)n3)ncn1-c1ccc(F)cc1-2. The maximum atomic E-state index is 14.0. The van der Waals surface area contributed by atoms with Crippen molar-refractivity contribution in [3.05, 3.63) is 53.3 Å². The summed E-state index contributed by atoms with van der Waals surface area (Å²) >= 11 is 0. The van der Waals surface area contributed by atoms with Gasteiger partial charge in [0.1, 0.15) is 17.8 Å². The van der Waals surface area contributed by atoms with Crippen molar-refractivity contribution in [2.45, 2.75) is 39.5 Å². The van der Waals surface area contributed by atoms with E-state index in [1.807, 2.05) is 32.3 Å². The fourth-order valence-electron chi connectivity index (χ4n) is 3.36. The molecule has 3 aromatic heterocycles. The second kappa shape index (κ2) is 5.57. The van der Waals surface area contributed by atoms with Crippen LogP contribution in [0.2, 0.25) is 0 Å². The lowest BCUT2D eigenvalue weighted by atomic mass is 9.97. The maximum absolute atomic E-state index is 14.0. The van der Waals surface area contributed by atoms with E-state index in [-0.39, 0.29) is 11.2 Å². The third-order valence-electron chi connectivity index (χ3n) is 4.86. The maximum Gasteiger partial charge on any atom is 0.232 e. The lowest BCUT2D eigenvalue weighted by molar-refractivity contribution is 0.321. The van der Waals surface area contributed by atoms with E-state index in [1.165, 1.54) is 12.1 Å². The predicted octanol–water partition coefficient (Wildman–Crippen LogP) is 3.15. The number of halogens is 1. The molecule has 8 nitrogen and oxygen atoms in total. The molecule has 0 N–H and O–H groups in total. The fraction of sp³-hybridized carbons (Fsp3) is 0.316. The Hall–Kier alpha value is -3.36. The van der Waals surface area contributed by atoms with Gasteiger partial charge >= 0.3 is 0 Å². The first-order valence-corrected chi connectivity index (χ1v) is 8.95. The van der Waals surface area contributed by atoms with Crippen LogP contribution in [0, 0.1) is 12.7 Å². The van der Waals surface area contributed by atoms with Crippen molar-refractivity contribution in [2.24, 2.45) is 0 Å². The molecule has 0 unspecified atom stereocenters. The van der Waals surface area contributed by atoms with Crippen LogP contribution in [-0.4, -0.2) is 34.7 Å². The minimum atomic E-state index is -0.338. The van der Waals surface area contributed by atoms with Crippen LogP contribution < -0.4 is 0 Å². The first-order chi connectivity index (χ1) is 13.3. The number of aromatic nitrogens is 7. The standard InChI is InChI=1S/C19H18FN7O/c1-10-13-8-15-16(17-22-18(28-24-17)19(2,3)4)21-9-26(15)12-6-5-11(20)7-14(12)27(13)25-23-10/h5-7,9H,8H2,1-4H3. The molecule has 0 aliphatic carbocycles. The molecule has 142 valence electrons. The van der Waals surface area contributed by atoms with Crippen molar-refractivity contribution in [2.75, 3.05) is 0 Å². The molecule has 5 rings (SSSR count). The van der Waals surface area contributed by atoms with E-state index in [0.717, 1.165) is 22.8 Å². The monoisotopic (exact) mass is 379 g/mol. The normalized spacial score (nSPS) is 13.0. The van der Waals surface area contributed by atoms with Crippen LogP contribution in [0.15, 0.2) is 29.0 Å². The number of hydrogen-bond acceptors (Lipinski definition) is 6. The molecule has 0 radical (unpaired) electrons. The topological polar surface area (TPSA) is 87.4 Å². The highest BCUT2D eigenvalue weighted by molar-refractivity contribution is 5.62. The second-order valence-corrected chi connectivity index (χ2v) is 7.93. The largest absolute Gasteiger partial charge is 0.338 e. The Kier molecular flexibility index (Phi) is 3.34. The van der Waals surface area contributed by atoms with Crippen LogP contribution in [0.25, 0.3) is 22.9 Å². The molecule has 0 amide bonds. The highest BCUT2D eigenvalue weighted by Gasteiger charge is 2.29. The van der Waals surface area contributed by atoms with Gasteiger partial charge in [-0.25, -0.2) is 14.1 Å². The minimum Gasteiger partial charge on any atom is -0.338 e. The summed E-state index contributed by atoms with van der Waals surface area (Å²) < 4.78 is 23.0. The van der Waals surface area contributed by atoms with Gasteiger partial charge in [-0.05, 0) is 19.1 Å². The summed E-state index contributed by atoms with van der Waals surface area (Å²) in [5.74, 6) is 0.638. The zero-order chi connectivity index (χ0) is 19.6. The van der Waals surface area contributed by atoms with Gasteiger partial charge in [-0.2, -0.15) is 4.98 Å². The van der Waals surface area contributed by atoms with Crippen LogP contribution in [0.4, 0.5) is 4.39 Å². The molecule has 1 aliphatic rings. The summed E-state index contributed by atoms with van der Waals surface area (Å²) in [6.07, 6.45) is 2.20. The molecule has 1 aliphatic heterocycles. The van der Waals surface area contributed by atoms with E-state index in [2.05, 4.69) is 25.4 Å². The first-order valence-electron chi connectivity index (χ1n) is 8.95. The van der Waals surface area contributed by atoms with Gasteiger partial charge in [0.2, 0.25) is 11.7 Å². The van der Waals surface area contributed by atoms with Crippen molar-refractivity contribution >= 4 is 0 Å². The van der Waals surface area contributed by atoms with Gasteiger partial charge in [-0.15, -0.1) is 5.10 Å². The zero-order valence-corrected chi connectivity index (χ0v) is 15.9. The Balaban J connectivity index is 1.74. The zero-order valence-electron chi connectivity index (χ0n) is 15.9. The molecule has 0 atom stereocenters. The van der Waals surface area contributed by atoms with Crippen LogP contribution in [0.5, 0.6) is 0 Å². The van der Waals surface area contributed by atoms with Gasteiger partial charge in [0.15, 0.2) is 0 Å². The van der Waals surface area contributed by atoms with Crippen LogP contribution in [0.1, 0.15) is 43.7 Å². The van der Waals surface area contributed by atoms with Crippen LogP contribution >= 0.6 is 0 Å². The lowest BCUT2D eigenvalue weighted by Gasteiger charge is -2.10. The van der Waals surface area contributed by atoms with Crippen molar-refractivity contribution in [3.8, 4) is 22.9 Å². The molecule has 4 heterocycles. The summed E-state index contributed by atoms with van der Waals surface area (Å²) in [4.78, 5) is 9.09. The highest BCUT2D eigenvalue weighted by Crippen LogP contribution is 2.33. The van der Waals surface area contributed by atoms with Gasteiger partial charge in [-0.1, -0.05) is 31.1 Å². The van der Waals surface area contributed by atoms with Crippen LogP contribution in [-0.2, 0) is 11.8 Å². The lowest BCUT2D eigenvalue weighted by Crippen LogP contribution is -2.11. The van der Waals surface area contributed by atoms with Gasteiger partial charge in [-0.3, -0.25) is 4.57 Å². The number of hydrogen-bond donors (Lipinski definition) is 0. The number of nitrogens with zero attached hydrogens (tertiary/aromatic N) is 7. The second-order valence-electron chi connectivity index (χ2n) is 7.93. The first kappa shape index (κ1) is 16.8. The summed E-state index contributed by atoms with van der Waals surface area (Å²) in [5, 5.41) is 12.5. The number of imidazole rings is 1. The number of rotatable bonds is 1. The van der Waals surface area contributed by atoms with Crippen LogP contribution in [0.3, 0.4) is 0 Å². The van der Waals surface area contributed by atoms with Gasteiger partial charge in [0.05, 0.1) is 28.5 Å². The molecule has 4 aromatic rings. The third-order valence-corrected chi connectivity index (χ3v) is 4.86. The summed E-state index contributed by atoms with van der Waals surface area (Å²) in [5.41, 5.74) is 4.26. The fourth-order valence-corrected chi connectivity index (χ4v) is 3.36. The Morgan fingerprint density at radius 1 is 1.14 bits per heavy atom. The molecular formula is C19H18FN7O. The minimum absolute atomic E-state index is 0.259.